The zero-order valence-corrected chi connectivity index (χ0v) is 19.8. The number of nitrogens with one attached hydrogen (secondary N) is 3. The molecular formula is C25H43N3O2. The lowest BCUT2D eigenvalue weighted by atomic mass is 9.92. The molecule has 4 N–H and O–H groups in total. The van der Waals surface area contributed by atoms with E-state index < -0.39 is 6.61 Å². The maximum Gasteiger partial charge on any atom is 0.245 e. The van der Waals surface area contributed by atoms with Crippen LogP contribution in [-0.2, 0) is 11.2 Å². The van der Waals surface area contributed by atoms with E-state index in [2.05, 4.69) is 62.4 Å². The molecule has 1 aliphatic heterocycles. The molecule has 1 aromatic rings. The van der Waals surface area contributed by atoms with Gasteiger partial charge in [-0.2, -0.15) is 0 Å². The summed E-state index contributed by atoms with van der Waals surface area (Å²) in [5.41, 5.74) is 3.96. The lowest BCUT2D eigenvalue weighted by molar-refractivity contribution is -0.123. The van der Waals surface area contributed by atoms with Gasteiger partial charge in [-0.05, 0) is 49.1 Å². The SMILES string of the molecule is C/C=C\C=C(\CNC(=O)CO)C(C)C.C=N.CC.CCC1CNc2ccccc2C1. The Hall–Kier alpha value is -2.40. The van der Waals surface area contributed by atoms with Gasteiger partial charge in [0, 0.05) is 18.8 Å². The van der Waals surface area contributed by atoms with E-state index in [0.717, 1.165) is 18.0 Å². The predicted molar refractivity (Wildman–Crippen MR) is 131 cm³/mol. The Morgan fingerprint density at radius 2 is 1.97 bits per heavy atom. The van der Waals surface area contributed by atoms with E-state index in [4.69, 9.17) is 10.5 Å². The van der Waals surface area contributed by atoms with Gasteiger partial charge in [0.1, 0.15) is 6.61 Å². The second kappa shape index (κ2) is 19.9. The molecule has 0 saturated heterocycles. The summed E-state index contributed by atoms with van der Waals surface area (Å²) in [6.45, 7) is 16.0. The molecule has 0 fully saturated rings. The fourth-order valence-corrected chi connectivity index (χ4v) is 2.73. The number of aliphatic hydroxyl groups is 1. The first kappa shape index (κ1) is 29.8. The quantitative estimate of drug-likeness (QED) is 0.378. The second-order valence-electron chi connectivity index (χ2n) is 6.87. The summed E-state index contributed by atoms with van der Waals surface area (Å²) in [6.07, 6.45) is 8.40. The first-order valence-electron chi connectivity index (χ1n) is 10.9. The molecule has 2 rings (SSSR count). The number of carbonyl (C=O) groups excluding carboxylic acids is 1. The number of aliphatic hydroxyl groups excluding tert-OH is 1. The largest absolute Gasteiger partial charge is 0.387 e. The van der Waals surface area contributed by atoms with Gasteiger partial charge >= 0.3 is 0 Å². The van der Waals surface area contributed by atoms with Crippen molar-refractivity contribution in [2.75, 3.05) is 25.0 Å². The van der Waals surface area contributed by atoms with Crippen molar-refractivity contribution in [2.45, 2.75) is 54.4 Å². The average Bonchev–Trinajstić information content (AvgIpc) is 2.81. The minimum Gasteiger partial charge on any atom is -0.387 e. The number of fused-ring (bicyclic) bond motifs is 1. The van der Waals surface area contributed by atoms with Crippen LogP contribution in [0, 0.1) is 17.2 Å². The molecule has 0 aromatic heterocycles. The molecule has 0 saturated carbocycles. The van der Waals surface area contributed by atoms with E-state index in [0.29, 0.717) is 12.5 Å². The van der Waals surface area contributed by atoms with Crippen LogP contribution in [0.1, 0.15) is 53.5 Å². The highest BCUT2D eigenvalue weighted by molar-refractivity contribution is 5.77. The summed E-state index contributed by atoms with van der Waals surface area (Å²) in [6, 6.07) is 8.61. The van der Waals surface area contributed by atoms with Crippen molar-refractivity contribution >= 4 is 18.3 Å². The number of amides is 1. The third kappa shape index (κ3) is 12.9. The summed E-state index contributed by atoms with van der Waals surface area (Å²) >= 11 is 0. The highest BCUT2D eigenvalue weighted by Crippen LogP contribution is 2.25. The van der Waals surface area contributed by atoms with Crippen molar-refractivity contribution in [1.29, 1.82) is 5.41 Å². The lowest BCUT2D eigenvalue weighted by Gasteiger charge is -2.24. The monoisotopic (exact) mass is 417 g/mol. The molecule has 0 spiro atoms. The number of benzene rings is 1. The molecule has 0 aliphatic carbocycles. The average molecular weight is 418 g/mol. The van der Waals surface area contributed by atoms with E-state index in [1.54, 1.807) is 0 Å². The molecule has 1 aromatic carbocycles. The third-order valence-corrected chi connectivity index (χ3v) is 4.56. The molecule has 1 heterocycles. The Morgan fingerprint density at radius 3 is 2.50 bits per heavy atom. The fourth-order valence-electron chi connectivity index (χ4n) is 2.73. The molecule has 0 radical (unpaired) electrons. The highest BCUT2D eigenvalue weighted by atomic mass is 16.3. The molecule has 1 aliphatic rings. The summed E-state index contributed by atoms with van der Waals surface area (Å²) in [5.74, 6) is 0.891. The number of rotatable bonds is 6. The normalized spacial score (nSPS) is 14.7. The summed E-state index contributed by atoms with van der Waals surface area (Å²) < 4.78 is 0. The van der Waals surface area contributed by atoms with Gasteiger partial charge in [0.15, 0.2) is 0 Å². The van der Waals surface area contributed by atoms with Gasteiger partial charge < -0.3 is 21.1 Å². The Labute approximate surface area is 184 Å². The standard InChI is InChI=1S/C11H19NO2.C11H15N.C2H6.CH3N/c1-4-5-6-10(9(2)3)7-12-11(14)8-13;1-2-9-7-10-5-3-4-6-11(10)12-8-9;2*1-2/h4-6,9,13H,7-8H2,1-3H3,(H,12,14);3-6,9,12H,2,7-8H2,1H3;1-2H3;2H,1H2/b5-4-,10-6-;;;. The van der Waals surface area contributed by atoms with Gasteiger partial charge in [0.25, 0.3) is 0 Å². The maximum atomic E-state index is 10.8. The Morgan fingerprint density at radius 1 is 1.33 bits per heavy atom. The van der Waals surface area contributed by atoms with Gasteiger partial charge in [0.2, 0.25) is 5.91 Å². The zero-order valence-electron chi connectivity index (χ0n) is 19.8. The van der Waals surface area contributed by atoms with Crippen molar-refractivity contribution in [3.05, 3.63) is 53.6 Å². The van der Waals surface area contributed by atoms with Gasteiger partial charge in [0.05, 0.1) is 0 Å². The van der Waals surface area contributed by atoms with Gasteiger partial charge in [-0.25, -0.2) is 0 Å². The smallest absolute Gasteiger partial charge is 0.245 e. The zero-order chi connectivity index (χ0) is 23.4. The molecule has 170 valence electrons. The van der Waals surface area contributed by atoms with E-state index in [1.807, 2.05) is 39.0 Å². The van der Waals surface area contributed by atoms with E-state index in [-0.39, 0.29) is 5.91 Å². The van der Waals surface area contributed by atoms with E-state index in [1.165, 1.54) is 24.1 Å². The number of hydrogen-bond donors (Lipinski definition) is 4. The predicted octanol–water partition coefficient (Wildman–Crippen LogP) is 5.23. The number of allylic oxidation sites excluding steroid dienone is 3. The van der Waals surface area contributed by atoms with Crippen LogP contribution in [0.25, 0.3) is 0 Å². The first-order valence-corrected chi connectivity index (χ1v) is 10.9. The van der Waals surface area contributed by atoms with Crippen LogP contribution in [0.15, 0.2) is 48.1 Å². The molecule has 30 heavy (non-hydrogen) atoms. The van der Waals surface area contributed by atoms with Crippen molar-refractivity contribution in [3.63, 3.8) is 0 Å². The Bertz CT molecular complexity index is 625. The number of hydrogen-bond acceptors (Lipinski definition) is 4. The first-order chi connectivity index (χ1) is 14.5. The van der Waals surface area contributed by atoms with Crippen LogP contribution in [0.3, 0.4) is 0 Å². The lowest BCUT2D eigenvalue weighted by Crippen LogP contribution is -2.29. The molecular weight excluding hydrogens is 374 g/mol. The van der Waals surface area contributed by atoms with Crippen molar-refractivity contribution in [1.82, 2.24) is 5.32 Å². The number of anilines is 1. The number of para-hydroxylation sites is 1. The topological polar surface area (TPSA) is 85.2 Å². The van der Waals surface area contributed by atoms with Crippen LogP contribution in [0.4, 0.5) is 5.69 Å². The van der Waals surface area contributed by atoms with E-state index >= 15 is 0 Å². The van der Waals surface area contributed by atoms with E-state index in [9.17, 15) is 4.79 Å². The van der Waals surface area contributed by atoms with Gasteiger partial charge in [-0.1, -0.05) is 77.5 Å². The molecule has 0 bridgehead atoms. The minimum absolute atomic E-state index is 0.336. The summed E-state index contributed by atoms with van der Waals surface area (Å²) in [4.78, 5) is 10.8. The fraction of sp³-hybridized carbons (Fsp3) is 0.520. The van der Waals surface area contributed by atoms with Crippen molar-refractivity contribution < 1.29 is 9.90 Å². The molecule has 5 nitrogen and oxygen atoms in total. The van der Waals surface area contributed by atoms with Crippen LogP contribution in [0.5, 0.6) is 0 Å². The van der Waals surface area contributed by atoms with Crippen molar-refractivity contribution in [2.24, 2.45) is 11.8 Å². The molecule has 5 heteroatoms. The summed E-state index contributed by atoms with van der Waals surface area (Å²) in [7, 11) is 0. The van der Waals surface area contributed by atoms with Crippen molar-refractivity contribution in [3.8, 4) is 0 Å². The molecule has 1 amide bonds. The van der Waals surface area contributed by atoms with Crippen LogP contribution >= 0.6 is 0 Å². The van der Waals surface area contributed by atoms with Crippen LogP contribution in [0.2, 0.25) is 0 Å². The Kier molecular flexibility index (Phi) is 19.8. The second-order valence-corrected chi connectivity index (χ2v) is 6.87. The maximum absolute atomic E-state index is 10.8. The molecule has 1 atom stereocenters. The van der Waals surface area contributed by atoms with Gasteiger partial charge in [-0.15, -0.1) is 0 Å². The summed E-state index contributed by atoms with van der Waals surface area (Å²) in [5, 5.41) is 20.1. The van der Waals surface area contributed by atoms with Gasteiger partial charge in [-0.3, -0.25) is 4.79 Å². The highest BCUT2D eigenvalue weighted by Gasteiger charge is 2.15. The minimum atomic E-state index is -0.449. The third-order valence-electron chi connectivity index (χ3n) is 4.56. The van der Waals surface area contributed by atoms with Crippen LogP contribution < -0.4 is 10.6 Å². The van der Waals surface area contributed by atoms with Crippen LogP contribution in [-0.4, -0.2) is 37.4 Å². The number of carbonyl (C=O) groups is 1. The Balaban J connectivity index is 0. The molecule has 1 unspecified atom stereocenters.